The third kappa shape index (κ3) is 3.25. The number of hydrogen-bond donors (Lipinski definition) is 2. The van der Waals surface area contributed by atoms with Gasteiger partial charge in [-0.1, -0.05) is 6.07 Å². The van der Waals surface area contributed by atoms with Crippen LogP contribution in [0.5, 0.6) is 0 Å². The van der Waals surface area contributed by atoms with Crippen molar-refractivity contribution >= 4 is 16.9 Å². The largest absolute Gasteiger partial charge is 0.350 e. The van der Waals surface area contributed by atoms with Gasteiger partial charge in [0.05, 0.1) is 12.2 Å². The quantitative estimate of drug-likeness (QED) is 0.752. The molecule has 3 aromatic rings. The van der Waals surface area contributed by atoms with E-state index in [-0.39, 0.29) is 5.91 Å². The van der Waals surface area contributed by atoms with Gasteiger partial charge in [-0.3, -0.25) is 9.78 Å². The van der Waals surface area contributed by atoms with Gasteiger partial charge in [0.1, 0.15) is 5.65 Å². The molecule has 21 heavy (non-hydrogen) atoms. The van der Waals surface area contributed by atoms with Gasteiger partial charge in [-0.15, -0.1) is 0 Å². The number of pyridine rings is 2. The second-order valence-corrected chi connectivity index (χ2v) is 4.81. The van der Waals surface area contributed by atoms with Crippen LogP contribution in [0.1, 0.15) is 17.7 Å². The molecule has 0 saturated heterocycles. The normalized spacial score (nSPS) is 10.7. The molecule has 106 valence electrons. The molecule has 0 unspecified atom stereocenters. The molecule has 0 aliphatic carbocycles. The van der Waals surface area contributed by atoms with E-state index >= 15 is 0 Å². The minimum atomic E-state index is 0.0268. The van der Waals surface area contributed by atoms with Gasteiger partial charge in [0.2, 0.25) is 5.91 Å². The number of aryl methyl sites for hydroxylation is 1. The molecule has 0 radical (unpaired) electrons. The molecular formula is C16H16N4O. The minimum absolute atomic E-state index is 0.0268. The maximum Gasteiger partial charge on any atom is 0.220 e. The van der Waals surface area contributed by atoms with Gasteiger partial charge in [0, 0.05) is 30.4 Å². The Hall–Kier alpha value is -2.69. The van der Waals surface area contributed by atoms with Crippen molar-refractivity contribution in [3.05, 3.63) is 60.2 Å². The summed E-state index contributed by atoms with van der Waals surface area (Å²) in [5, 5.41) is 3.96. The number of rotatable bonds is 5. The summed E-state index contributed by atoms with van der Waals surface area (Å²) in [5.74, 6) is 0.0268. The molecule has 3 heterocycles. The van der Waals surface area contributed by atoms with Gasteiger partial charge in [0.15, 0.2) is 0 Å². The number of carbonyl (C=O) groups excluding carboxylic acids is 1. The maximum absolute atomic E-state index is 11.9. The van der Waals surface area contributed by atoms with E-state index in [0.29, 0.717) is 19.4 Å². The van der Waals surface area contributed by atoms with E-state index in [1.165, 1.54) is 0 Å². The predicted molar refractivity (Wildman–Crippen MR) is 80.5 cm³/mol. The third-order valence-corrected chi connectivity index (χ3v) is 3.35. The van der Waals surface area contributed by atoms with Crippen LogP contribution in [-0.4, -0.2) is 20.9 Å². The average Bonchev–Trinajstić information content (AvgIpc) is 2.95. The van der Waals surface area contributed by atoms with Gasteiger partial charge in [0.25, 0.3) is 0 Å². The first-order valence-electron chi connectivity index (χ1n) is 6.90. The molecule has 0 spiro atoms. The number of hydrogen-bond acceptors (Lipinski definition) is 3. The monoisotopic (exact) mass is 280 g/mol. The van der Waals surface area contributed by atoms with Crippen molar-refractivity contribution < 1.29 is 4.79 Å². The maximum atomic E-state index is 11.9. The highest BCUT2D eigenvalue weighted by Gasteiger charge is 2.07. The summed E-state index contributed by atoms with van der Waals surface area (Å²) in [5.41, 5.74) is 2.84. The molecule has 0 bridgehead atoms. The van der Waals surface area contributed by atoms with Crippen molar-refractivity contribution in [2.75, 3.05) is 0 Å². The molecule has 2 N–H and O–H groups in total. The van der Waals surface area contributed by atoms with Crippen molar-refractivity contribution in [2.24, 2.45) is 0 Å². The number of aromatic amines is 1. The van der Waals surface area contributed by atoms with Crippen molar-refractivity contribution in [3.8, 4) is 0 Å². The molecule has 0 fully saturated rings. The SMILES string of the molecule is O=C(CCc1c[nH]c2ncccc12)NCc1ccccn1. The Balaban J connectivity index is 1.54. The first kappa shape index (κ1) is 13.3. The fraction of sp³-hybridized carbons (Fsp3) is 0.188. The highest BCUT2D eigenvalue weighted by atomic mass is 16.1. The van der Waals surface area contributed by atoms with Crippen LogP contribution in [0, 0.1) is 0 Å². The predicted octanol–water partition coefficient (Wildman–Crippen LogP) is 2.21. The van der Waals surface area contributed by atoms with Crippen LogP contribution in [0.2, 0.25) is 0 Å². The lowest BCUT2D eigenvalue weighted by atomic mass is 10.1. The van der Waals surface area contributed by atoms with Crippen LogP contribution in [0.25, 0.3) is 11.0 Å². The summed E-state index contributed by atoms with van der Waals surface area (Å²) in [6, 6.07) is 9.58. The molecule has 0 atom stereocenters. The minimum Gasteiger partial charge on any atom is -0.350 e. The van der Waals surface area contributed by atoms with E-state index in [1.54, 1.807) is 12.4 Å². The summed E-state index contributed by atoms with van der Waals surface area (Å²) in [6.07, 6.45) is 6.54. The number of fused-ring (bicyclic) bond motifs is 1. The lowest BCUT2D eigenvalue weighted by Gasteiger charge is -2.04. The second kappa shape index (κ2) is 6.17. The lowest BCUT2D eigenvalue weighted by molar-refractivity contribution is -0.121. The van der Waals surface area contributed by atoms with E-state index in [2.05, 4.69) is 20.3 Å². The van der Waals surface area contributed by atoms with Crippen LogP contribution in [0.4, 0.5) is 0 Å². The van der Waals surface area contributed by atoms with E-state index in [1.807, 2.05) is 36.5 Å². The molecule has 1 amide bonds. The molecule has 0 aliphatic rings. The van der Waals surface area contributed by atoms with Crippen LogP contribution < -0.4 is 5.32 Å². The summed E-state index contributed by atoms with van der Waals surface area (Å²) >= 11 is 0. The Morgan fingerprint density at radius 2 is 2.05 bits per heavy atom. The van der Waals surface area contributed by atoms with Gasteiger partial charge < -0.3 is 10.3 Å². The summed E-state index contributed by atoms with van der Waals surface area (Å²) in [4.78, 5) is 23.4. The van der Waals surface area contributed by atoms with Crippen LogP contribution in [-0.2, 0) is 17.8 Å². The first-order chi connectivity index (χ1) is 10.3. The highest BCUT2D eigenvalue weighted by Crippen LogP contribution is 2.16. The van der Waals surface area contributed by atoms with Gasteiger partial charge in [-0.25, -0.2) is 4.98 Å². The van der Waals surface area contributed by atoms with Gasteiger partial charge in [-0.2, -0.15) is 0 Å². The van der Waals surface area contributed by atoms with Gasteiger partial charge >= 0.3 is 0 Å². The molecule has 5 nitrogen and oxygen atoms in total. The zero-order chi connectivity index (χ0) is 14.5. The summed E-state index contributed by atoms with van der Waals surface area (Å²) in [6.45, 7) is 0.467. The number of amides is 1. The van der Waals surface area contributed by atoms with E-state index in [9.17, 15) is 4.79 Å². The Labute approximate surface area is 122 Å². The van der Waals surface area contributed by atoms with Crippen LogP contribution in [0.3, 0.4) is 0 Å². The number of nitrogens with zero attached hydrogens (tertiary/aromatic N) is 2. The highest BCUT2D eigenvalue weighted by molar-refractivity contribution is 5.81. The fourth-order valence-corrected chi connectivity index (χ4v) is 2.25. The zero-order valence-corrected chi connectivity index (χ0v) is 11.5. The molecule has 0 aliphatic heterocycles. The topological polar surface area (TPSA) is 70.7 Å². The zero-order valence-electron chi connectivity index (χ0n) is 11.5. The molecule has 3 rings (SSSR count). The molecule has 0 aromatic carbocycles. The van der Waals surface area contributed by atoms with Crippen LogP contribution >= 0.6 is 0 Å². The molecular weight excluding hydrogens is 264 g/mol. The molecule has 3 aromatic heterocycles. The number of carbonyl (C=O) groups is 1. The van der Waals surface area contributed by atoms with Crippen molar-refractivity contribution in [1.29, 1.82) is 0 Å². The fourth-order valence-electron chi connectivity index (χ4n) is 2.25. The van der Waals surface area contributed by atoms with Crippen molar-refractivity contribution in [2.45, 2.75) is 19.4 Å². The van der Waals surface area contributed by atoms with E-state index in [4.69, 9.17) is 0 Å². The molecule has 0 saturated carbocycles. The Morgan fingerprint density at radius 1 is 1.14 bits per heavy atom. The first-order valence-corrected chi connectivity index (χ1v) is 6.90. The Bertz CT molecular complexity index is 736. The second-order valence-electron chi connectivity index (χ2n) is 4.81. The summed E-state index contributed by atoms with van der Waals surface area (Å²) < 4.78 is 0. The van der Waals surface area contributed by atoms with Crippen molar-refractivity contribution in [1.82, 2.24) is 20.3 Å². The number of aromatic nitrogens is 3. The van der Waals surface area contributed by atoms with Gasteiger partial charge in [-0.05, 0) is 36.2 Å². The smallest absolute Gasteiger partial charge is 0.220 e. The van der Waals surface area contributed by atoms with E-state index in [0.717, 1.165) is 22.3 Å². The summed E-state index contributed by atoms with van der Waals surface area (Å²) in [7, 11) is 0. The number of nitrogens with one attached hydrogen (secondary N) is 2. The van der Waals surface area contributed by atoms with E-state index < -0.39 is 0 Å². The number of H-pyrrole nitrogens is 1. The standard InChI is InChI=1S/C16H16N4O/c21-15(19-11-13-4-1-2-8-17-13)7-6-12-10-20-16-14(12)5-3-9-18-16/h1-5,8-10H,6-7,11H2,(H,18,20)(H,19,21). The average molecular weight is 280 g/mol. The Kier molecular flexibility index (Phi) is 3.91. The van der Waals surface area contributed by atoms with Crippen molar-refractivity contribution in [3.63, 3.8) is 0 Å². The lowest BCUT2D eigenvalue weighted by Crippen LogP contribution is -2.23. The van der Waals surface area contributed by atoms with Crippen LogP contribution in [0.15, 0.2) is 48.9 Å². The third-order valence-electron chi connectivity index (χ3n) is 3.35. The Morgan fingerprint density at radius 3 is 2.90 bits per heavy atom. The molecule has 5 heteroatoms.